The number of benzene rings is 3. The number of rotatable bonds is 8. The Labute approximate surface area is 245 Å². The number of aryl methyl sites for hydroxylation is 2. The number of nitrogens with one attached hydrogen (secondary N) is 1. The molecule has 0 radical (unpaired) electrons. The molecule has 1 aliphatic heterocycles. The number of anilines is 1. The average Bonchev–Trinajstić information content (AvgIpc) is 3.29. The first-order chi connectivity index (χ1) is 20.1. The van der Waals surface area contributed by atoms with Crippen LogP contribution in [0.15, 0.2) is 78.0 Å². The fourth-order valence-corrected chi connectivity index (χ4v) is 6.20. The van der Waals surface area contributed by atoms with Crippen molar-refractivity contribution in [2.45, 2.75) is 44.9 Å². The van der Waals surface area contributed by atoms with Crippen LogP contribution >= 0.6 is 11.8 Å². The summed E-state index contributed by atoms with van der Waals surface area (Å²) in [7, 11) is 0. The quantitative estimate of drug-likeness (QED) is 0.250. The van der Waals surface area contributed by atoms with Crippen molar-refractivity contribution in [1.29, 1.82) is 0 Å². The SMILES string of the molecule is Cc1cccc(C)c1N1CCS/C1=N\C(O)NC1CC1c1ccc(-c2ncn(-c3ccc(OC(F)(F)F)cc3)n2)cc1. The molecule has 1 aliphatic carbocycles. The second-order valence-corrected chi connectivity index (χ2v) is 11.4. The first-order valence-corrected chi connectivity index (χ1v) is 14.5. The number of ether oxygens (including phenoxy) is 1. The topological polar surface area (TPSA) is 87.8 Å². The van der Waals surface area contributed by atoms with Gasteiger partial charge in [0.25, 0.3) is 0 Å². The van der Waals surface area contributed by atoms with Gasteiger partial charge in [-0.1, -0.05) is 54.2 Å². The summed E-state index contributed by atoms with van der Waals surface area (Å²) < 4.78 is 42.6. The van der Waals surface area contributed by atoms with Crippen molar-refractivity contribution >= 4 is 22.6 Å². The van der Waals surface area contributed by atoms with E-state index < -0.39 is 12.7 Å². The molecule has 3 unspecified atom stereocenters. The average molecular weight is 595 g/mol. The van der Waals surface area contributed by atoms with Gasteiger partial charge in [0.2, 0.25) is 6.35 Å². The summed E-state index contributed by atoms with van der Waals surface area (Å²) in [6.07, 6.45) is -3.32. The molecule has 8 nitrogen and oxygen atoms in total. The summed E-state index contributed by atoms with van der Waals surface area (Å²) in [6.45, 7) is 5.05. The Morgan fingerprint density at radius 2 is 1.76 bits per heavy atom. The largest absolute Gasteiger partial charge is 0.573 e. The lowest BCUT2D eigenvalue weighted by molar-refractivity contribution is -0.274. The maximum atomic E-state index is 12.4. The molecular weight excluding hydrogens is 565 g/mol. The minimum atomic E-state index is -4.74. The fourth-order valence-electron chi connectivity index (χ4n) is 5.23. The van der Waals surface area contributed by atoms with Crippen LogP contribution in [-0.2, 0) is 0 Å². The van der Waals surface area contributed by atoms with Gasteiger partial charge in [0.05, 0.1) is 5.69 Å². The van der Waals surface area contributed by atoms with Crippen LogP contribution in [0.4, 0.5) is 18.9 Å². The van der Waals surface area contributed by atoms with Gasteiger partial charge in [-0.3, -0.25) is 5.32 Å². The van der Waals surface area contributed by atoms with Gasteiger partial charge in [-0.15, -0.1) is 18.3 Å². The predicted octanol–water partition coefficient (Wildman–Crippen LogP) is 5.78. The molecule has 1 aromatic heterocycles. The van der Waals surface area contributed by atoms with Crippen LogP contribution in [0.25, 0.3) is 17.1 Å². The second-order valence-electron chi connectivity index (χ2n) is 10.3. The number of amidine groups is 1. The standard InChI is InChI=1S/C30H29F3N6O2S/c1-18-4-3-5-19(2)26(18)38-14-15-42-29(38)36-28(40)35-25-16-24(25)20-6-8-21(9-7-20)27-34-17-39(37-27)22-10-12-23(13-11-22)41-30(31,32)33/h3-13,17,24-25,28,35,40H,14-16H2,1-2H3/b36-29-. The monoisotopic (exact) mass is 594 g/mol. The predicted molar refractivity (Wildman–Crippen MR) is 157 cm³/mol. The molecular formula is C30H29F3N6O2S. The van der Waals surface area contributed by atoms with Crippen LogP contribution in [0.5, 0.6) is 5.75 Å². The van der Waals surface area contributed by atoms with Crippen LogP contribution in [0.1, 0.15) is 29.0 Å². The molecule has 2 fully saturated rings. The van der Waals surface area contributed by atoms with E-state index in [4.69, 9.17) is 0 Å². The molecule has 3 aromatic carbocycles. The number of para-hydroxylation sites is 1. The normalized spacial score (nSPS) is 20.2. The van der Waals surface area contributed by atoms with E-state index in [0.717, 1.165) is 40.7 Å². The number of alkyl halides is 3. The highest BCUT2D eigenvalue weighted by Crippen LogP contribution is 2.41. The molecule has 12 heteroatoms. The van der Waals surface area contributed by atoms with Crippen molar-refractivity contribution in [3.05, 3.63) is 89.7 Å². The number of nitrogens with zero attached hydrogens (tertiary/aromatic N) is 5. The highest BCUT2D eigenvalue weighted by Gasteiger charge is 2.39. The Morgan fingerprint density at radius 1 is 1.05 bits per heavy atom. The molecule has 2 heterocycles. The van der Waals surface area contributed by atoms with Crippen LogP contribution < -0.4 is 15.0 Å². The summed E-state index contributed by atoms with van der Waals surface area (Å²) in [4.78, 5) is 11.1. The number of aliphatic hydroxyl groups is 1. The van der Waals surface area contributed by atoms with Gasteiger partial charge < -0.3 is 14.7 Å². The van der Waals surface area contributed by atoms with Gasteiger partial charge in [-0.05, 0) is 61.2 Å². The molecule has 1 saturated heterocycles. The Kier molecular flexibility index (Phi) is 7.69. The lowest BCUT2D eigenvalue weighted by atomic mass is 10.1. The number of aliphatic hydroxyl groups excluding tert-OH is 1. The minimum Gasteiger partial charge on any atom is -0.406 e. The number of hydrogen-bond acceptors (Lipinski definition) is 7. The van der Waals surface area contributed by atoms with E-state index in [1.165, 1.54) is 46.4 Å². The van der Waals surface area contributed by atoms with E-state index in [-0.39, 0.29) is 17.7 Å². The third-order valence-corrected chi connectivity index (χ3v) is 8.27. The smallest absolute Gasteiger partial charge is 0.406 e. The van der Waals surface area contributed by atoms with Gasteiger partial charge >= 0.3 is 6.36 Å². The first-order valence-electron chi connectivity index (χ1n) is 13.5. The number of aromatic nitrogens is 3. The Morgan fingerprint density at radius 3 is 2.45 bits per heavy atom. The van der Waals surface area contributed by atoms with E-state index in [1.807, 2.05) is 24.3 Å². The molecule has 4 aromatic rings. The Bertz CT molecular complexity index is 1570. The van der Waals surface area contributed by atoms with Crippen LogP contribution in [0, 0.1) is 13.8 Å². The number of aliphatic imine (C=N–C) groups is 1. The highest BCUT2D eigenvalue weighted by molar-refractivity contribution is 8.14. The maximum absolute atomic E-state index is 12.4. The molecule has 2 aliphatic rings. The zero-order valence-corrected chi connectivity index (χ0v) is 23.7. The van der Waals surface area contributed by atoms with Gasteiger partial charge in [-0.25, -0.2) is 14.7 Å². The third-order valence-electron chi connectivity index (χ3n) is 7.30. The van der Waals surface area contributed by atoms with Crippen molar-refractivity contribution in [3.63, 3.8) is 0 Å². The molecule has 0 amide bonds. The summed E-state index contributed by atoms with van der Waals surface area (Å²) >= 11 is 1.65. The van der Waals surface area contributed by atoms with Crippen LogP contribution in [0.3, 0.4) is 0 Å². The number of thioether (sulfide) groups is 1. The summed E-state index contributed by atoms with van der Waals surface area (Å²) in [5, 5.41) is 19.3. The molecule has 218 valence electrons. The molecule has 1 saturated carbocycles. The zero-order valence-electron chi connectivity index (χ0n) is 22.9. The third kappa shape index (κ3) is 6.30. The summed E-state index contributed by atoms with van der Waals surface area (Å²) in [5.74, 6) is 1.39. The number of hydrogen-bond donors (Lipinski definition) is 2. The van der Waals surface area contributed by atoms with Gasteiger partial charge in [-0.2, -0.15) is 0 Å². The van der Waals surface area contributed by atoms with E-state index in [0.29, 0.717) is 11.5 Å². The highest BCUT2D eigenvalue weighted by atomic mass is 32.2. The van der Waals surface area contributed by atoms with Crippen molar-refractivity contribution in [2.24, 2.45) is 4.99 Å². The second kappa shape index (κ2) is 11.4. The van der Waals surface area contributed by atoms with Gasteiger partial charge in [0, 0.05) is 35.5 Å². The Balaban J connectivity index is 1.06. The van der Waals surface area contributed by atoms with Crippen molar-refractivity contribution in [1.82, 2.24) is 20.1 Å². The van der Waals surface area contributed by atoms with Gasteiger partial charge in [0.15, 0.2) is 11.0 Å². The van der Waals surface area contributed by atoms with Gasteiger partial charge in [0.1, 0.15) is 12.1 Å². The molecule has 0 spiro atoms. The molecule has 42 heavy (non-hydrogen) atoms. The number of halogens is 3. The summed E-state index contributed by atoms with van der Waals surface area (Å²) in [5.41, 5.74) is 6.05. The van der Waals surface area contributed by atoms with E-state index in [2.05, 4.69) is 62.1 Å². The Hall–Kier alpha value is -3.87. The van der Waals surface area contributed by atoms with E-state index in [9.17, 15) is 18.3 Å². The van der Waals surface area contributed by atoms with Crippen molar-refractivity contribution < 1.29 is 23.0 Å². The van der Waals surface area contributed by atoms with E-state index in [1.54, 1.807) is 11.8 Å². The van der Waals surface area contributed by atoms with Crippen LogP contribution in [-0.4, -0.2) is 56.1 Å². The minimum absolute atomic E-state index is 0.122. The zero-order chi connectivity index (χ0) is 29.4. The summed E-state index contributed by atoms with van der Waals surface area (Å²) in [6, 6.07) is 19.7. The lowest BCUT2D eigenvalue weighted by Gasteiger charge is -2.23. The molecule has 2 N–H and O–H groups in total. The molecule has 6 rings (SSSR count). The lowest BCUT2D eigenvalue weighted by Crippen LogP contribution is -2.33. The molecule has 0 bridgehead atoms. The van der Waals surface area contributed by atoms with Crippen LogP contribution in [0.2, 0.25) is 0 Å². The fraction of sp³-hybridized carbons (Fsp3) is 0.300. The first kappa shape index (κ1) is 28.3. The van der Waals surface area contributed by atoms with Crippen molar-refractivity contribution in [3.8, 4) is 22.8 Å². The van der Waals surface area contributed by atoms with E-state index >= 15 is 0 Å². The van der Waals surface area contributed by atoms with Crippen molar-refractivity contribution in [2.75, 3.05) is 17.2 Å². The molecule has 3 atom stereocenters. The maximum Gasteiger partial charge on any atom is 0.573 e.